The standard InChI is InChI=1S/C20H28N6O4/c1-13(2)23-20(30)26-10-9-25(19(29)14-5-3-7-21-11-14)12-16(26)18(28)24-15-6-4-8-22-17(15)27/h3,5,7,11,13,15-16H,4,6,8-10,12H2,1-2H3,(H,22,27)(H,23,30)(H,24,28)/t15-,16+/m1/s1. The Kier molecular flexibility index (Phi) is 6.86. The fourth-order valence-electron chi connectivity index (χ4n) is 3.61. The topological polar surface area (TPSA) is 124 Å². The van der Waals surface area contributed by atoms with Gasteiger partial charge in [-0.25, -0.2) is 4.79 Å². The molecule has 10 nitrogen and oxygen atoms in total. The highest BCUT2D eigenvalue weighted by Gasteiger charge is 2.39. The number of hydrogen-bond donors (Lipinski definition) is 3. The smallest absolute Gasteiger partial charge is 0.318 e. The van der Waals surface area contributed by atoms with Crippen molar-refractivity contribution in [2.45, 2.75) is 44.8 Å². The summed E-state index contributed by atoms with van der Waals surface area (Å²) in [6.45, 7) is 4.81. The van der Waals surface area contributed by atoms with E-state index in [1.54, 1.807) is 23.2 Å². The lowest BCUT2D eigenvalue weighted by molar-refractivity contribution is -0.133. The number of nitrogens with zero attached hydrogens (tertiary/aromatic N) is 3. The van der Waals surface area contributed by atoms with E-state index in [0.29, 0.717) is 25.1 Å². The van der Waals surface area contributed by atoms with Crippen molar-refractivity contribution in [2.24, 2.45) is 0 Å². The van der Waals surface area contributed by atoms with Gasteiger partial charge < -0.3 is 25.8 Å². The summed E-state index contributed by atoms with van der Waals surface area (Å²) in [5.41, 5.74) is 0.420. The highest BCUT2D eigenvalue weighted by Crippen LogP contribution is 2.15. The maximum atomic E-state index is 13.1. The maximum absolute atomic E-state index is 13.1. The van der Waals surface area contributed by atoms with Crippen LogP contribution in [-0.2, 0) is 9.59 Å². The quantitative estimate of drug-likeness (QED) is 0.623. The van der Waals surface area contributed by atoms with Crippen LogP contribution in [0, 0.1) is 0 Å². The van der Waals surface area contributed by atoms with E-state index in [1.807, 2.05) is 13.8 Å². The largest absolute Gasteiger partial charge is 0.354 e. The van der Waals surface area contributed by atoms with E-state index in [4.69, 9.17) is 0 Å². The van der Waals surface area contributed by atoms with Gasteiger partial charge in [0.1, 0.15) is 12.1 Å². The minimum absolute atomic E-state index is 0.0411. The Hall–Kier alpha value is -3.17. The molecule has 1 aromatic rings. The number of amides is 5. The van der Waals surface area contributed by atoms with Crippen LogP contribution in [0.15, 0.2) is 24.5 Å². The molecule has 2 aliphatic rings. The second-order valence-corrected chi connectivity index (χ2v) is 7.80. The molecule has 2 saturated heterocycles. The molecule has 0 aliphatic carbocycles. The summed E-state index contributed by atoms with van der Waals surface area (Å²) in [5, 5.41) is 8.28. The highest BCUT2D eigenvalue weighted by atomic mass is 16.2. The molecule has 0 saturated carbocycles. The Morgan fingerprint density at radius 2 is 2.07 bits per heavy atom. The van der Waals surface area contributed by atoms with Gasteiger partial charge in [0, 0.05) is 38.1 Å². The van der Waals surface area contributed by atoms with Gasteiger partial charge in [0.05, 0.1) is 12.1 Å². The van der Waals surface area contributed by atoms with E-state index in [2.05, 4.69) is 20.9 Å². The number of hydrogen-bond acceptors (Lipinski definition) is 5. The van der Waals surface area contributed by atoms with Crippen molar-refractivity contribution >= 4 is 23.8 Å². The fourth-order valence-corrected chi connectivity index (χ4v) is 3.61. The number of piperazine rings is 1. The van der Waals surface area contributed by atoms with Crippen molar-refractivity contribution in [1.29, 1.82) is 0 Å². The average molecular weight is 416 g/mol. The SMILES string of the molecule is CC(C)NC(=O)N1CCN(C(=O)c2cccnc2)C[C@H]1C(=O)N[C@@H]1CCCNC1=O. The molecular weight excluding hydrogens is 388 g/mol. The van der Waals surface area contributed by atoms with Gasteiger partial charge >= 0.3 is 6.03 Å². The molecule has 2 aliphatic heterocycles. The van der Waals surface area contributed by atoms with Crippen LogP contribution in [0.1, 0.15) is 37.0 Å². The first-order valence-corrected chi connectivity index (χ1v) is 10.2. The van der Waals surface area contributed by atoms with Crippen molar-refractivity contribution in [3.63, 3.8) is 0 Å². The number of piperidine rings is 1. The zero-order valence-electron chi connectivity index (χ0n) is 17.3. The monoisotopic (exact) mass is 416 g/mol. The number of pyridine rings is 1. The first kappa shape index (κ1) is 21.5. The summed E-state index contributed by atoms with van der Waals surface area (Å²) in [5.74, 6) is -0.924. The van der Waals surface area contributed by atoms with Crippen LogP contribution in [-0.4, -0.2) is 82.8 Å². The second-order valence-electron chi connectivity index (χ2n) is 7.80. The van der Waals surface area contributed by atoms with Gasteiger partial charge in [0.25, 0.3) is 5.91 Å². The number of rotatable bonds is 4. The van der Waals surface area contributed by atoms with E-state index < -0.39 is 18.0 Å². The van der Waals surface area contributed by atoms with Gasteiger partial charge in [-0.15, -0.1) is 0 Å². The van der Waals surface area contributed by atoms with Crippen LogP contribution >= 0.6 is 0 Å². The average Bonchev–Trinajstić information content (AvgIpc) is 2.74. The minimum Gasteiger partial charge on any atom is -0.354 e. The Bertz CT molecular complexity index is 800. The van der Waals surface area contributed by atoms with E-state index >= 15 is 0 Å². The van der Waals surface area contributed by atoms with Crippen molar-refractivity contribution < 1.29 is 19.2 Å². The fraction of sp³-hybridized carbons (Fsp3) is 0.550. The zero-order valence-corrected chi connectivity index (χ0v) is 17.3. The van der Waals surface area contributed by atoms with Crippen molar-refractivity contribution in [3.8, 4) is 0 Å². The first-order chi connectivity index (χ1) is 14.4. The Morgan fingerprint density at radius 1 is 1.27 bits per heavy atom. The lowest BCUT2D eigenvalue weighted by atomic mass is 10.0. The van der Waals surface area contributed by atoms with Crippen LogP contribution in [0.2, 0.25) is 0 Å². The molecule has 0 radical (unpaired) electrons. The molecule has 0 spiro atoms. The summed E-state index contributed by atoms with van der Waals surface area (Å²) in [6.07, 6.45) is 4.36. The van der Waals surface area contributed by atoms with Crippen LogP contribution < -0.4 is 16.0 Å². The summed E-state index contributed by atoms with van der Waals surface area (Å²) >= 11 is 0. The lowest BCUT2D eigenvalue weighted by Gasteiger charge is -2.41. The molecule has 2 fully saturated rings. The first-order valence-electron chi connectivity index (χ1n) is 10.2. The molecule has 3 heterocycles. The normalized spacial score (nSPS) is 21.8. The van der Waals surface area contributed by atoms with E-state index in [1.165, 1.54) is 11.1 Å². The molecule has 0 bridgehead atoms. The zero-order chi connectivity index (χ0) is 21.7. The highest BCUT2D eigenvalue weighted by molar-refractivity contribution is 5.96. The van der Waals surface area contributed by atoms with E-state index in [9.17, 15) is 19.2 Å². The van der Waals surface area contributed by atoms with E-state index in [-0.39, 0.29) is 37.0 Å². The third-order valence-corrected chi connectivity index (χ3v) is 5.15. The van der Waals surface area contributed by atoms with Crippen molar-refractivity contribution in [1.82, 2.24) is 30.7 Å². The second kappa shape index (κ2) is 9.55. The molecular formula is C20H28N6O4. The van der Waals surface area contributed by atoms with Crippen LogP contribution in [0.4, 0.5) is 4.79 Å². The number of carbonyl (C=O) groups excluding carboxylic acids is 4. The van der Waals surface area contributed by atoms with Gasteiger partial charge in [-0.3, -0.25) is 19.4 Å². The maximum Gasteiger partial charge on any atom is 0.318 e. The van der Waals surface area contributed by atoms with Gasteiger partial charge in [0.15, 0.2) is 0 Å². The number of nitrogens with one attached hydrogen (secondary N) is 3. The third-order valence-electron chi connectivity index (χ3n) is 5.15. The van der Waals surface area contributed by atoms with Crippen molar-refractivity contribution in [2.75, 3.05) is 26.2 Å². The van der Waals surface area contributed by atoms with Gasteiger partial charge in [0.2, 0.25) is 11.8 Å². The van der Waals surface area contributed by atoms with Crippen molar-refractivity contribution in [3.05, 3.63) is 30.1 Å². The molecule has 30 heavy (non-hydrogen) atoms. The Balaban J connectivity index is 1.76. The Labute approximate surface area is 175 Å². The van der Waals surface area contributed by atoms with Gasteiger partial charge in [-0.2, -0.15) is 0 Å². The molecule has 3 N–H and O–H groups in total. The number of aromatic nitrogens is 1. The molecule has 0 aromatic carbocycles. The third kappa shape index (κ3) is 5.05. The summed E-state index contributed by atoms with van der Waals surface area (Å²) in [6, 6.07) is 1.34. The van der Waals surface area contributed by atoms with Crippen LogP contribution in [0.25, 0.3) is 0 Å². The van der Waals surface area contributed by atoms with E-state index in [0.717, 1.165) is 6.42 Å². The number of carbonyl (C=O) groups is 4. The molecule has 162 valence electrons. The molecule has 3 rings (SSSR count). The lowest BCUT2D eigenvalue weighted by Crippen LogP contribution is -2.65. The summed E-state index contributed by atoms with van der Waals surface area (Å²) < 4.78 is 0. The summed E-state index contributed by atoms with van der Waals surface area (Å²) in [7, 11) is 0. The predicted octanol–water partition coefficient (Wildman–Crippen LogP) is -0.279. The molecule has 2 atom stereocenters. The molecule has 0 unspecified atom stereocenters. The number of urea groups is 1. The van der Waals surface area contributed by atoms with Crippen LogP contribution in [0.3, 0.4) is 0 Å². The molecule has 1 aromatic heterocycles. The van der Waals surface area contributed by atoms with Gasteiger partial charge in [-0.1, -0.05) is 0 Å². The van der Waals surface area contributed by atoms with Gasteiger partial charge in [-0.05, 0) is 38.8 Å². The Morgan fingerprint density at radius 3 is 2.73 bits per heavy atom. The molecule has 5 amide bonds. The van der Waals surface area contributed by atoms with Crippen LogP contribution in [0.5, 0.6) is 0 Å². The minimum atomic E-state index is -0.896. The summed E-state index contributed by atoms with van der Waals surface area (Å²) in [4.78, 5) is 57.5. The molecule has 10 heteroatoms. The predicted molar refractivity (Wildman–Crippen MR) is 108 cm³/mol.